The standard InChI is InChI=1S/C14H19NO4/c16-9-12-6-13(17)7-15(12)8-14(18)19-10-11-4-2-1-3-5-11/h1-5,12-13,16-17H,6-10H2/t12-,13-/m0/s1. The van der Waals surface area contributed by atoms with Crippen LogP contribution in [-0.4, -0.2) is 52.9 Å². The molecule has 5 nitrogen and oxygen atoms in total. The van der Waals surface area contributed by atoms with Crippen LogP contribution in [0.2, 0.25) is 0 Å². The van der Waals surface area contributed by atoms with Crippen LogP contribution in [0.3, 0.4) is 0 Å². The summed E-state index contributed by atoms with van der Waals surface area (Å²) >= 11 is 0. The summed E-state index contributed by atoms with van der Waals surface area (Å²) < 4.78 is 5.17. The van der Waals surface area contributed by atoms with E-state index in [1.807, 2.05) is 30.3 Å². The third-order valence-corrected chi connectivity index (χ3v) is 3.29. The SMILES string of the molecule is O=C(CN1C[C@@H](O)C[C@H]1CO)OCc1ccccc1. The normalized spacial score (nSPS) is 23.5. The van der Waals surface area contributed by atoms with Gasteiger partial charge in [-0.1, -0.05) is 30.3 Å². The molecule has 0 aromatic heterocycles. The van der Waals surface area contributed by atoms with Crippen LogP contribution >= 0.6 is 0 Å². The Hall–Kier alpha value is -1.43. The molecular weight excluding hydrogens is 246 g/mol. The smallest absolute Gasteiger partial charge is 0.320 e. The highest BCUT2D eigenvalue weighted by molar-refractivity contribution is 5.71. The van der Waals surface area contributed by atoms with Gasteiger partial charge in [0.15, 0.2) is 0 Å². The number of likely N-dealkylation sites (tertiary alicyclic amines) is 1. The Balaban J connectivity index is 1.78. The molecule has 0 aliphatic carbocycles. The van der Waals surface area contributed by atoms with Crippen LogP contribution in [0, 0.1) is 0 Å². The molecule has 1 aliphatic heterocycles. The number of aliphatic hydroxyl groups excluding tert-OH is 2. The molecule has 1 saturated heterocycles. The fraction of sp³-hybridized carbons (Fsp3) is 0.500. The second-order valence-electron chi connectivity index (χ2n) is 4.80. The highest BCUT2D eigenvalue weighted by Gasteiger charge is 2.31. The van der Waals surface area contributed by atoms with Gasteiger partial charge in [0.05, 0.1) is 19.3 Å². The van der Waals surface area contributed by atoms with E-state index in [0.29, 0.717) is 13.0 Å². The third kappa shape index (κ3) is 4.02. The van der Waals surface area contributed by atoms with Crippen LogP contribution < -0.4 is 0 Å². The van der Waals surface area contributed by atoms with E-state index >= 15 is 0 Å². The van der Waals surface area contributed by atoms with Gasteiger partial charge in [0.1, 0.15) is 6.61 Å². The summed E-state index contributed by atoms with van der Waals surface area (Å²) in [4.78, 5) is 13.5. The fourth-order valence-corrected chi connectivity index (χ4v) is 2.29. The van der Waals surface area contributed by atoms with Crippen LogP contribution in [0.25, 0.3) is 0 Å². The molecule has 1 heterocycles. The number of esters is 1. The zero-order valence-electron chi connectivity index (χ0n) is 10.7. The topological polar surface area (TPSA) is 70.0 Å². The number of nitrogens with zero attached hydrogens (tertiary/aromatic N) is 1. The number of aliphatic hydroxyl groups is 2. The van der Waals surface area contributed by atoms with Gasteiger partial charge in [0.2, 0.25) is 0 Å². The Morgan fingerprint density at radius 1 is 1.37 bits per heavy atom. The van der Waals surface area contributed by atoms with E-state index < -0.39 is 6.10 Å². The molecule has 0 amide bonds. The van der Waals surface area contributed by atoms with Crippen molar-refractivity contribution in [2.75, 3.05) is 19.7 Å². The van der Waals surface area contributed by atoms with Crippen LogP contribution in [0.1, 0.15) is 12.0 Å². The first-order valence-electron chi connectivity index (χ1n) is 6.41. The molecule has 0 saturated carbocycles. The number of hydrogen-bond donors (Lipinski definition) is 2. The van der Waals surface area contributed by atoms with Crippen LogP contribution in [0.5, 0.6) is 0 Å². The van der Waals surface area contributed by atoms with Crippen molar-refractivity contribution in [3.05, 3.63) is 35.9 Å². The van der Waals surface area contributed by atoms with Crippen molar-refractivity contribution in [1.82, 2.24) is 4.90 Å². The number of benzene rings is 1. The summed E-state index contributed by atoms with van der Waals surface area (Å²) in [6.07, 6.45) is 0.0294. The summed E-state index contributed by atoms with van der Waals surface area (Å²) in [5, 5.41) is 18.7. The zero-order chi connectivity index (χ0) is 13.7. The summed E-state index contributed by atoms with van der Waals surface area (Å²) in [7, 11) is 0. The minimum Gasteiger partial charge on any atom is -0.460 e. The number of β-amino-alcohol motifs (C(OH)–C–C–N with tert-alkyl or cyclic N) is 1. The molecule has 2 rings (SSSR count). The Labute approximate surface area is 112 Å². The molecule has 0 bridgehead atoms. The number of carbonyl (C=O) groups excluding carboxylic acids is 1. The molecule has 2 atom stereocenters. The number of ether oxygens (including phenoxy) is 1. The maximum Gasteiger partial charge on any atom is 0.320 e. The van der Waals surface area contributed by atoms with Gasteiger partial charge in [-0.05, 0) is 12.0 Å². The van der Waals surface area contributed by atoms with Gasteiger partial charge in [-0.25, -0.2) is 0 Å². The van der Waals surface area contributed by atoms with Crippen LogP contribution in [0.4, 0.5) is 0 Å². The molecule has 1 aromatic rings. The molecule has 104 valence electrons. The molecule has 0 unspecified atom stereocenters. The molecule has 1 fully saturated rings. The maximum atomic E-state index is 11.7. The molecular formula is C14H19NO4. The predicted molar refractivity (Wildman–Crippen MR) is 69.3 cm³/mol. The number of hydrogen-bond acceptors (Lipinski definition) is 5. The van der Waals surface area contributed by atoms with Crippen molar-refractivity contribution in [2.45, 2.75) is 25.2 Å². The van der Waals surface area contributed by atoms with Crippen molar-refractivity contribution >= 4 is 5.97 Å². The molecule has 0 radical (unpaired) electrons. The molecule has 5 heteroatoms. The minimum atomic E-state index is -0.473. The molecule has 1 aromatic carbocycles. The molecule has 2 N–H and O–H groups in total. The Kier molecular flexibility index (Phi) is 4.90. The van der Waals surface area contributed by atoms with E-state index in [1.54, 1.807) is 4.90 Å². The average molecular weight is 265 g/mol. The highest BCUT2D eigenvalue weighted by Crippen LogP contribution is 2.17. The van der Waals surface area contributed by atoms with E-state index in [2.05, 4.69) is 0 Å². The lowest BCUT2D eigenvalue weighted by atomic mass is 10.2. The largest absolute Gasteiger partial charge is 0.460 e. The van der Waals surface area contributed by atoms with Crippen molar-refractivity contribution in [2.24, 2.45) is 0 Å². The van der Waals surface area contributed by atoms with Crippen molar-refractivity contribution < 1.29 is 19.7 Å². The van der Waals surface area contributed by atoms with Gasteiger partial charge in [-0.15, -0.1) is 0 Å². The zero-order valence-corrected chi connectivity index (χ0v) is 10.7. The second kappa shape index (κ2) is 6.65. The number of rotatable bonds is 5. The molecule has 1 aliphatic rings. The lowest BCUT2D eigenvalue weighted by Gasteiger charge is -2.20. The van der Waals surface area contributed by atoms with Crippen LogP contribution in [0.15, 0.2) is 30.3 Å². The highest BCUT2D eigenvalue weighted by atomic mass is 16.5. The van der Waals surface area contributed by atoms with Gasteiger partial charge in [0.25, 0.3) is 0 Å². The predicted octanol–water partition coefficient (Wildman–Crippen LogP) is 0.157. The fourth-order valence-electron chi connectivity index (χ4n) is 2.29. The Bertz CT molecular complexity index is 409. The first-order valence-corrected chi connectivity index (χ1v) is 6.41. The van der Waals surface area contributed by atoms with Gasteiger partial charge in [-0.2, -0.15) is 0 Å². The monoisotopic (exact) mass is 265 g/mol. The Morgan fingerprint density at radius 3 is 2.79 bits per heavy atom. The Morgan fingerprint density at radius 2 is 2.11 bits per heavy atom. The van der Waals surface area contributed by atoms with Gasteiger partial charge in [0, 0.05) is 12.6 Å². The summed E-state index contributed by atoms with van der Waals surface area (Å²) in [5.74, 6) is -0.337. The third-order valence-electron chi connectivity index (χ3n) is 3.29. The lowest BCUT2D eigenvalue weighted by Crippen LogP contribution is -2.37. The summed E-state index contributed by atoms with van der Waals surface area (Å²) in [6, 6.07) is 9.32. The van der Waals surface area contributed by atoms with Gasteiger partial charge in [-0.3, -0.25) is 9.69 Å². The van der Waals surface area contributed by atoms with Gasteiger partial charge < -0.3 is 14.9 Å². The van der Waals surface area contributed by atoms with E-state index in [0.717, 1.165) is 5.56 Å². The summed E-state index contributed by atoms with van der Waals surface area (Å²) in [5.41, 5.74) is 0.941. The van der Waals surface area contributed by atoms with Crippen molar-refractivity contribution in [1.29, 1.82) is 0 Å². The number of carbonyl (C=O) groups is 1. The minimum absolute atomic E-state index is 0.0526. The van der Waals surface area contributed by atoms with E-state index in [-0.39, 0.29) is 31.8 Å². The second-order valence-corrected chi connectivity index (χ2v) is 4.80. The van der Waals surface area contributed by atoms with E-state index in [1.165, 1.54) is 0 Å². The average Bonchev–Trinajstić information content (AvgIpc) is 2.77. The lowest BCUT2D eigenvalue weighted by molar-refractivity contribution is -0.146. The van der Waals surface area contributed by atoms with Gasteiger partial charge >= 0.3 is 5.97 Å². The van der Waals surface area contributed by atoms with E-state index in [9.17, 15) is 15.0 Å². The van der Waals surface area contributed by atoms with Crippen LogP contribution in [-0.2, 0) is 16.1 Å². The maximum absolute atomic E-state index is 11.7. The first kappa shape index (κ1) is 14.0. The molecule has 19 heavy (non-hydrogen) atoms. The van der Waals surface area contributed by atoms with E-state index in [4.69, 9.17) is 4.74 Å². The quantitative estimate of drug-likeness (QED) is 0.742. The first-order chi connectivity index (χ1) is 9.19. The van der Waals surface area contributed by atoms with Crippen molar-refractivity contribution in [3.63, 3.8) is 0 Å². The molecule has 0 spiro atoms. The summed E-state index contributed by atoms with van der Waals surface area (Å²) in [6.45, 7) is 0.712. The van der Waals surface area contributed by atoms with Crippen molar-refractivity contribution in [3.8, 4) is 0 Å².